The van der Waals surface area contributed by atoms with Gasteiger partial charge in [-0.05, 0) is 38.4 Å². The molecule has 8 heteroatoms. The van der Waals surface area contributed by atoms with E-state index >= 15 is 0 Å². The van der Waals surface area contributed by atoms with Crippen molar-refractivity contribution in [1.29, 1.82) is 0 Å². The summed E-state index contributed by atoms with van der Waals surface area (Å²) < 4.78 is 12.9. The van der Waals surface area contributed by atoms with E-state index in [1.807, 2.05) is 6.92 Å². The second-order valence-electron chi connectivity index (χ2n) is 6.98. The van der Waals surface area contributed by atoms with Gasteiger partial charge in [0.1, 0.15) is 0 Å². The van der Waals surface area contributed by atoms with E-state index in [0.717, 1.165) is 52.2 Å². The van der Waals surface area contributed by atoms with Gasteiger partial charge in [0.25, 0.3) is 0 Å². The van der Waals surface area contributed by atoms with E-state index < -0.39 is 0 Å². The van der Waals surface area contributed by atoms with Gasteiger partial charge in [0.2, 0.25) is 0 Å². The zero-order valence-electron chi connectivity index (χ0n) is 16.4. The standard InChI is InChI=1S/C19H31N3O3.2ClH/c1-3-25-19(23)15-22-9-5-4-6-18(22)17-8-7-16(20(17)2)14-21-10-12-24-13-11-21;;/h7-8,18H,3-6,9-15H2,1-2H3;2*1H. The summed E-state index contributed by atoms with van der Waals surface area (Å²) >= 11 is 0. The summed E-state index contributed by atoms with van der Waals surface area (Å²) in [6, 6.07) is 4.79. The van der Waals surface area contributed by atoms with Gasteiger partial charge in [-0.2, -0.15) is 0 Å². The van der Waals surface area contributed by atoms with Gasteiger partial charge in [-0.25, -0.2) is 0 Å². The van der Waals surface area contributed by atoms with E-state index in [-0.39, 0.29) is 30.8 Å². The number of carbonyl (C=O) groups excluding carboxylic acids is 1. The van der Waals surface area contributed by atoms with Crippen LogP contribution in [0, 0.1) is 0 Å². The minimum Gasteiger partial charge on any atom is -0.465 e. The van der Waals surface area contributed by atoms with E-state index in [2.05, 4.69) is 33.5 Å². The lowest BCUT2D eigenvalue weighted by molar-refractivity contribution is -0.145. The molecule has 0 bridgehead atoms. The average molecular weight is 422 g/mol. The molecule has 0 aromatic carbocycles. The molecule has 1 unspecified atom stereocenters. The highest BCUT2D eigenvalue weighted by Gasteiger charge is 2.28. The fraction of sp³-hybridized carbons (Fsp3) is 0.737. The third-order valence-corrected chi connectivity index (χ3v) is 5.35. The molecule has 2 aliphatic rings. The number of rotatable bonds is 6. The van der Waals surface area contributed by atoms with Crippen LogP contribution in [0.15, 0.2) is 12.1 Å². The number of halogens is 2. The number of aromatic nitrogens is 1. The Hall–Kier alpha value is -0.790. The predicted octanol–water partition coefficient (Wildman–Crippen LogP) is 2.79. The summed E-state index contributed by atoms with van der Waals surface area (Å²) in [7, 11) is 2.16. The van der Waals surface area contributed by atoms with Gasteiger partial charge in [-0.1, -0.05) is 6.42 Å². The van der Waals surface area contributed by atoms with Crippen LogP contribution < -0.4 is 0 Å². The van der Waals surface area contributed by atoms with E-state index in [9.17, 15) is 4.79 Å². The molecule has 27 heavy (non-hydrogen) atoms. The van der Waals surface area contributed by atoms with Crippen molar-refractivity contribution in [3.63, 3.8) is 0 Å². The van der Waals surface area contributed by atoms with Crippen molar-refractivity contribution in [2.45, 2.75) is 38.8 Å². The van der Waals surface area contributed by atoms with Gasteiger partial charge in [-0.3, -0.25) is 14.6 Å². The Bertz CT molecular complexity index is 577. The van der Waals surface area contributed by atoms with Crippen LogP contribution >= 0.6 is 24.8 Å². The number of piperidine rings is 1. The largest absolute Gasteiger partial charge is 0.465 e. The van der Waals surface area contributed by atoms with Crippen molar-refractivity contribution in [2.75, 3.05) is 46.0 Å². The third kappa shape index (κ3) is 6.36. The highest BCUT2D eigenvalue weighted by molar-refractivity contribution is 5.85. The summed E-state index contributed by atoms with van der Waals surface area (Å²) in [4.78, 5) is 16.7. The summed E-state index contributed by atoms with van der Waals surface area (Å²) in [6.07, 6.45) is 3.48. The van der Waals surface area contributed by atoms with Crippen molar-refractivity contribution in [1.82, 2.24) is 14.4 Å². The van der Waals surface area contributed by atoms with Crippen LogP contribution in [0.2, 0.25) is 0 Å². The number of morpholine rings is 1. The quantitative estimate of drug-likeness (QED) is 0.660. The van der Waals surface area contributed by atoms with Crippen molar-refractivity contribution in [3.05, 3.63) is 23.5 Å². The van der Waals surface area contributed by atoms with E-state index in [0.29, 0.717) is 19.2 Å². The number of hydrogen-bond donors (Lipinski definition) is 0. The van der Waals surface area contributed by atoms with Crippen LogP contribution in [0.3, 0.4) is 0 Å². The zero-order chi connectivity index (χ0) is 17.6. The Morgan fingerprint density at radius 1 is 1.19 bits per heavy atom. The molecule has 0 radical (unpaired) electrons. The second kappa shape index (κ2) is 11.9. The number of ether oxygens (including phenoxy) is 2. The SMILES string of the molecule is CCOC(=O)CN1CCCCC1c1ccc(CN2CCOCC2)n1C.Cl.Cl. The smallest absolute Gasteiger partial charge is 0.320 e. The lowest BCUT2D eigenvalue weighted by atomic mass is 9.99. The Labute approximate surface area is 175 Å². The van der Waals surface area contributed by atoms with Crippen molar-refractivity contribution in [2.24, 2.45) is 7.05 Å². The van der Waals surface area contributed by atoms with Gasteiger partial charge in [0, 0.05) is 38.1 Å². The lowest BCUT2D eigenvalue weighted by Crippen LogP contribution is -2.39. The highest BCUT2D eigenvalue weighted by atomic mass is 35.5. The predicted molar refractivity (Wildman–Crippen MR) is 111 cm³/mol. The van der Waals surface area contributed by atoms with Crippen LogP contribution in [-0.2, 0) is 27.9 Å². The monoisotopic (exact) mass is 421 g/mol. The van der Waals surface area contributed by atoms with Gasteiger partial charge in [-0.15, -0.1) is 24.8 Å². The number of esters is 1. The Kier molecular flexibility index (Phi) is 10.7. The third-order valence-electron chi connectivity index (χ3n) is 5.35. The maximum absolute atomic E-state index is 12.0. The maximum atomic E-state index is 12.0. The zero-order valence-corrected chi connectivity index (χ0v) is 18.0. The maximum Gasteiger partial charge on any atom is 0.320 e. The molecular formula is C19H33Cl2N3O3. The highest BCUT2D eigenvalue weighted by Crippen LogP contribution is 2.31. The second-order valence-corrected chi connectivity index (χ2v) is 6.98. The molecule has 2 aliphatic heterocycles. The topological polar surface area (TPSA) is 46.9 Å². The average Bonchev–Trinajstić information content (AvgIpc) is 2.97. The first kappa shape index (κ1) is 24.2. The molecule has 0 N–H and O–H groups in total. The molecule has 2 fully saturated rings. The Morgan fingerprint density at radius 3 is 2.63 bits per heavy atom. The molecule has 2 saturated heterocycles. The number of carbonyl (C=O) groups is 1. The molecule has 0 amide bonds. The molecule has 1 aromatic heterocycles. The van der Waals surface area contributed by atoms with Gasteiger partial charge < -0.3 is 14.0 Å². The van der Waals surface area contributed by atoms with Gasteiger partial charge in [0.05, 0.1) is 32.4 Å². The summed E-state index contributed by atoms with van der Waals surface area (Å²) in [5.41, 5.74) is 2.64. The number of hydrogen-bond acceptors (Lipinski definition) is 5. The fourth-order valence-corrected chi connectivity index (χ4v) is 3.94. The molecule has 0 saturated carbocycles. The first-order valence-electron chi connectivity index (χ1n) is 9.53. The summed E-state index contributed by atoms with van der Waals surface area (Å²) in [5.74, 6) is -0.114. The molecule has 6 nitrogen and oxygen atoms in total. The normalized spacial score (nSPS) is 21.2. The summed E-state index contributed by atoms with van der Waals surface area (Å²) in [6.45, 7) is 8.28. The fourth-order valence-electron chi connectivity index (χ4n) is 3.94. The number of likely N-dealkylation sites (tertiary alicyclic amines) is 1. The number of nitrogens with zero attached hydrogens (tertiary/aromatic N) is 3. The van der Waals surface area contributed by atoms with Crippen molar-refractivity contribution >= 4 is 30.8 Å². The van der Waals surface area contributed by atoms with Crippen LogP contribution in [0.4, 0.5) is 0 Å². The summed E-state index contributed by atoms with van der Waals surface area (Å²) in [5, 5.41) is 0. The molecule has 156 valence electrons. The van der Waals surface area contributed by atoms with Crippen LogP contribution in [0.1, 0.15) is 43.6 Å². The van der Waals surface area contributed by atoms with Crippen molar-refractivity contribution in [3.8, 4) is 0 Å². The van der Waals surface area contributed by atoms with Gasteiger partial charge in [0.15, 0.2) is 0 Å². The van der Waals surface area contributed by atoms with E-state index in [4.69, 9.17) is 9.47 Å². The molecule has 3 rings (SSSR count). The minimum absolute atomic E-state index is 0. The Morgan fingerprint density at radius 2 is 1.93 bits per heavy atom. The van der Waals surface area contributed by atoms with Crippen LogP contribution in [0.25, 0.3) is 0 Å². The van der Waals surface area contributed by atoms with E-state index in [1.165, 1.54) is 17.8 Å². The first-order valence-corrected chi connectivity index (χ1v) is 9.53. The lowest BCUT2D eigenvalue weighted by Gasteiger charge is -2.35. The molecule has 1 atom stereocenters. The molecular weight excluding hydrogens is 389 g/mol. The molecule has 3 heterocycles. The molecule has 0 aliphatic carbocycles. The van der Waals surface area contributed by atoms with Crippen LogP contribution in [0.5, 0.6) is 0 Å². The Balaban J connectivity index is 0.00000182. The van der Waals surface area contributed by atoms with Crippen LogP contribution in [-0.4, -0.2) is 66.3 Å². The van der Waals surface area contributed by atoms with E-state index in [1.54, 1.807) is 0 Å². The van der Waals surface area contributed by atoms with Gasteiger partial charge >= 0.3 is 5.97 Å². The van der Waals surface area contributed by atoms with Crippen molar-refractivity contribution < 1.29 is 14.3 Å². The minimum atomic E-state index is -0.114. The first-order chi connectivity index (χ1) is 12.2. The molecule has 1 aromatic rings. The molecule has 0 spiro atoms.